The second-order valence-electron chi connectivity index (χ2n) is 10.5. The van der Waals surface area contributed by atoms with Crippen molar-refractivity contribution in [3.63, 3.8) is 0 Å². The number of amides is 2. The van der Waals surface area contributed by atoms with Crippen LogP contribution in [-0.4, -0.2) is 65.0 Å². The Morgan fingerprint density at radius 2 is 1.52 bits per heavy atom. The molecule has 0 aliphatic heterocycles. The van der Waals surface area contributed by atoms with Gasteiger partial charge in [-0.2, -0.15) is 0 Å². The lowest BCUT2D eigenvalue weighted by Crippen LogP contribution is -2.52. The summed E-state index contributed by atoms with van der Waals surface area (Å²) in [5, 5.41) is 2.89. The first kappa shape index (κ1) is 32.5. The molecule has 0 saturated heterocycles. The van der Waals surface area contributed by atoms with E-state index in [1.165, 1.54) is 37.3 Å². The number of aryl methyl sites for hydroxylation is 1. The van der Waals surface area contributed by atoms with Crippen LogP contribution in [0.4, 0.5) is 5.69 Å². The van der Waals surface area contributed by atoms with Gasteiger partial charge in [0.15, 0.2) is 11.5 Å². The van der Waals surface area contributed by atoms with Crippen LogP contribution in [0.1, 0.15) is 31.9 Å². The molecule has 0 radical (unpaired) electrons. The van der Waals surface area contributed by atoms with Gasteiger partial charge in [-0.05, 0) is 56.0 Å². The fourth-order valence-corrected chi connectivity index (χ4v) is 5.77. The molecule has 1 atom stereocenters. The lowest BCUT2D eigenvalue weighted by Gasteiger charge is -2.32. The van der Waals surface area contributed by atoms with E-state index in [0.717, 1.165) is 15.4 Å². The van der Waals surface area contributed by atoms with Crippen molar-refractivity contribution in [2.24, 2.45) is 5.92 Å². The van der Waals surface area contributed by atoms with Gasteiger partial charge in [-0.3, -0.25) is 13.9 Å². The maximum atomic E-state index is 14.0. The molecule has 3 aromatic rings. The second-order valence-corrected chi connectivity index (χ2v) is 12.4. The van der Waals surface area contributed by atoms with Gasteiger partial charge in [-0.25, -0.2) is 8.42 Å². The molecule has 0 saturated carbocycles. The Morgan fingerprint density at radius 3 is 2.12 bits per heavy atom. The zero-order valence-electron chi connectivity index (χ0n) is 25.2. The van der Waals surface area contributed by atoms with Crippen LogP contribution in [0.5, 0.6) is 11.5 Å². The molecule has 1 unspecified atom stereocenters. The Hall–Kier alpha value is -4.05. The van der Waals surface area contributed by atoms with E-state index >= 15 is 0 Å². The molecule has 0 aliphatic carbocycles. The molecule has 42 heavy (non-hydrogen) atoms. The van der Waals surface area contributed by atoms with Gasteiger partial charge in [0, 0.05) is 19.2 Å². The SMILES string of the molecule is COc1ccc(N(CC(=O)N(CCc2ccccc2)C(C)C(=O)NCC(C)C)S(=O)(=O)c2ccc(C)cc2)cc1OC. The van der Waals surface area contributed by atoms with E-state index in [0.29, 0.717) is 24.5 Å². The molecule has 226 valence electrons. The highest BCUT2D eigenvalue weighted by Gasteiger charge is 2.32. The summed E-state index contributed by atoms with van der Waals surface area (Å²) in [6.07, 6.45) is 0.495. The average Bonchev–Trinajstić information content (AvgIpc) is 2.98. The summed E-state index contributed by atoms with van der Waals surface area (Å²) in [6, 6.07) is 19.9. The first-order valence-electron chi connectivity index (χ1n) is 13.9. The third-order valence-electron chi connectivity index (χ3n) is 6.88. The van der Waals surface area contributed by atoms with Gasteiger partial charge in [-0.1, -0.05) is 61.9 Å². The van der Waals surface area contributed by atoms with Crippen LogP contribution < -0.4 is 19.1 Å². The Labute approximate surface area is 249 Å². The lowest BCUT2D eigenvalue weighted by atomic mass is 10.1. The molecule has 0 bridgehead atoms. The number of hydrogen-bond acceptors (Lipinski definition) is 6. The maximum Gasteiger partial charge on any atom is 0.264 e. The lowest BCUT2D eigenvalue weighted by molar-refractivity contribution is -0.138. The number of sulfonamides is 1. The fraction of sp³-hybridized carbons (Fsp3) is 0.375. The van der Waals surface area contributed by atoms with Crippen LogP contribution in [0.3, 0.4) is 0 Å². The summed E-state index contributed by atoms with van der Waals surface area (Å²) >= 11 is 0. The van der Waals surface area contributed by atoms with E-state index < -0.39 is 28.5 Å². The van der Waals surface area contributed by atoms with Crippen molar-refractivity contribution >= 4 is 27.5 Å². The van der Waals surface area contributed by atoms with E-state index in [1.54, 1.807) is 31.2 Å². The van der Waals surface area contributed by atoms with Crippen LogP contribution in [0, 0.1) is 12.8 Å². The van der Waals surface area contributed by atoms with Crippen LogP contribution in [0.2, 0.25) is 0 Å². The quantitative estimate of drug-likeness (QED) is 0.296. The summed E-state index contributed by atoms with van der Waals surface area (Å²) in [6.45, 7) is 7.66. The highest BCUT2D eigenvalue weighted by molar-refractivity contribution is 7.92. The highest BCUT2D eigenvalue weighted by atomic mass is 32.2. The minimum Gasteiger partial charge on any atom is -0.493 e. The van der Waals surface area contributed by atoms with Crippen molar-refractivity contribution in [2.45, 2.75) is 45.1 Å². The van der Waals surface area contributed by atoms with E-state index in [4.69, 9.17) is 9.47 Å². The highest BCUT2D eigenvalue weighted by Crippen LogP contribution is 2.34. The van der Waals surface area contributed by atoms with Crippen LogP contribution >= 0.6 is 0 Å². The number of ether oxygens (including phenoxy) is 2. The Balaban J connectivity index is 2.02. The third-order valence-corrected chi connectivity index (χ3v) is 8.67. The van der Waals surface area contributed by atoms with E-state index in [1.807, 2.05) is 51.1 Å². The average molecular weight is 596 g/mol. The molecular weight excluding hydrogens is 554 g/mol. The van der Waals surface area contributed by atoms with Gasteiger partial charge in [0.2, 0.25) is 11.8 Å². The molecule has 2 amide bonds. The Kier molecular flexibility index (Phi) is 11.4. The van der Waals surface area contributed by atoms with E-state index in [9.17, 15) is 18.0 Å². The van der Waals surface area contributed by atoms with Gasteiger partial charge in [0.05, 0.1) is 24.8 Å². The molecule has 3 rings (SSSR count). The van der Waals surface area contributed by atoms with Gasteiger partial charge in [0.25, 0.3) is 10.0 Å². The molecule has 0 aromatic heterocycles. The summed E-state index contributed by atoms with van der Waals surface area (Å²) in [4.78, 5) is 28.6. The minimum atomic E-state index is -4.19. The predicted octanol–water partition coefficient (Wildman–Crippen LogP) is 4.44. The number of hydrogen-bond donors (Lipinski definition) is 1. The Bertz CT molecular complexity index is 1440. The number of nitrogens with zero attached hydrogens (tertiary/aromatic N) is 2. The molecule has 0 aliphatic rings. The van der Waals surface area contributed by atoms with Crippen molar-refractivity contribution in [3.8, 4) is 11.5 Å². The number of rotatable bonds is 14. The topological polar surface area (TPSA) is 105 Å². The number of benzene rings is 3. The summed E-state index contributed by atoms with van der Waals surface area (Å²) in [5.74, 6) is 0.150. The zero-order chi connectivity index (χ0) is 30.9. The fourth-order valence-electron chi connectivity index (χ4n) is 4.37. The van der Waals surface area contributed by atoms with Crippen molar-refractivity contribution in [3.05, 3.63) is 83.9 Å². The zero-order valence-corrected chi connectivity index (χ0v) is 26.0. The van der Waals surface area contributed by atoms with Crippen LogP contribution in [0.15, 0.2) is 77.7 Å². The van der Waals surface area contributed by atoms with Crippen molar-refractivity contribution in [1.82, 2.24) is 10.2 Å². The number of methoxy groups -OCH3 is 2. The monoisotopic (exact) mass is 595 g/mol. The van der Waals surface area contributed by atoms with Gasteiger partial charge >= 0.3 is 0 Å². The number of carbonyl (C=O) groups excluding carboxylic acids is 2. The van der Waals surface area contributed by atoms with Crippen molar-refractivity contribution in [2.75, 3.05) is 38.2 Å². The van der Waals surface area contributed by atoms with Gasteiger partial charge < -0.3 is 19.7 Å². The molecule has 1 N–H and O–H groups in total. The first-order chi connectivity index (χ1) is 20.0. The first-order valence-corrected chi connectivity index (χ1v) is 15.3. The molecule has 10 heteroatoms. The number of anilines is 1. The summed E-state index contributed by atoms with van der Waals surface area (Å²) in [5.41, 5.74) is 2.12. The molecule has 0 spiro atoms. The number of carbonyl (C=O) groups is 2. The van der Waals surface area contributed by atoms with E-state index in [2.05, 4.69) is 5.32 Å². The van der Waals surface area contributed by atoms with Crippen LogP contribution in [0.25, 0.3) is 0 Å². The van der Waals surface area contributed by atoms with E-state index in [-0.39, 0.29) is 29.0 Å². The normalized spacial score (nSPS) is 12.0. The van der Waals surface area contributed by atoms with Crippen molar-refractivity contribution in [1.29, 1.82) is 0 Å². The number of nitrogens with one attached hydrogen (secondary N) is 1. The molecule has 0 heterocycles. The van der Waals surface area contributed by atoms with Crippen molar-refractivity contribution < 1.29 is 27.5 Å². The smallest absolute Gasteiger partial charge is 0.264 e. The van der Waals surface area contributed by atoms with Gasteiger partial charge in [0.1, 0.15) is 12.6 Å². The molecule has 9 nitrogen and oxygen atoms in total. The molecular formula is C32H41N3O6S. The molecule has 3 aromatic carbocycles. The van der Waals surface area contributed by atoms with Gasteiger partial charge in [-0.15, -0.1) is 0 Å². The standard InChI is InChI=1S/C32H41N3O6S/c1-23(2)21-33-32(37)25(4)34(19-18-26-10-8-7-9-11-26)31(36)22-35(27-14-17-29(40-5)30(20-27)41-6)42(38,39)28-15-12-24(3)13-16-28/h7-17,20,23,25H,18-19,21-22H2,1-6H3,(H,33,37). The third kappa shape index (κ3) is 8.25. The predicted molar refractivity (Wildman–Crippen MR) is 164 cm³/mol. The second kappa shape index (κ2) is 14.7. The minimum absolute atomic E-state index is 0.0363. The summed E-state index contributed by atoms with van der Waals surface area (Å²) in [7, 11) is -1.25. The maximum absolute atomic E-state index is 14.0. The van der Waals surface area contributed by atoms with Crippen LogP contribution in [-0.2, 0) is 26.0 Å². The molecule has 0 fully saturated rings. The largest absolute Gasteiger partial charge is 0.493 e. The summed E-state index contributed by atoms with van der Waals surface area (Å²) < 4.78 is 39.8. The Morgan fingerprint density at radius 1 is 0.881 bits per heavy atom.